The van der Waals surface area contributed by atoms with Crippen molar-refractivity contribution < 1.29 is 4.79 Å². The van der Waals surface area contributed by atoms with Gasteiger partial charge in [0, 0.05) is 16.9 Å². The molecule has 2 saturated carbocycles. The summed E-state index contributed by atoms with van der Waals surface area (Å²) in [7, 11) is 0. The molecule has 0 aromatic heterocycles. The van der Waals surface area contributed by atoms with Gasteiger partial charge in [-0.2, -0.15) is 0 Å². The van der Waals surface area contributed by atoms with Crippen LogP contribution < -0.4 is 10.6 Å². The van der Waals surface area contributed by atoms with Gasteiger partial charge in [-0.15, -0.1) is 0 Å². The van der Waals surface area contributed by atoms with Crippen LogP contribution in [0.1, 0.15) is 65.2 Å². The Morgan fingerprint density at radius 2 is 1.75 bits per heavy atom. The van der Waals surface area contributed by atoms with E-state index in [1.165, 1.54) is 41.6 Å². The molecule has 2 N–H and O–H groups in total. The number of fused-ring (bicyclic) bond motifs is 7. The number of rotatable bonds is 4. The summed E-state index contributed by atoms with van der Waals surface area (Å²) < 4.78 is 0. The van der Waals surface area contributed by atoms with E-state index in [9.17, 15) is 4.79 Å². The van der Waals surface area contributed by atoms with Gasteiger partial charge in [-0.3, -0.25) is 4.79 Å². The Balaban J connectivity index is 1.32. The zero-order valence-electron chi connectivity index (χ0n) is 18.6. The normalized spacial score (nSPS) is 27.3. The molecule has 0 unspecified atom stereocenters. The van der Waals surface area contributed by atoms with Crippen LogP contribution in [-0.4, -0.2) is 5.91 Å². The number of aryl methyl sites for hydroxylation is 1. The molecule has 3 aliphatic rings. The molecule has 2 bridgehead atoms. The van der Waals surface area contributed by atoms with Gasteiger partial charge in [-0.05, 0) is 96.4 Å². The van der Waals surface area contributed by atoms with Gasteiger partial charge in [0.25, 0.3) is 5.91 Å². The van der Waals surface area contributed by atoms with Crippen molar-refractivity contribution >= 4 is 17.3 Å². The first-order valence-corrected chi connectivity index (χ1v) is 12.1. The first-order chi connectivity index (χ1) is 15.7. The van der Waals surface area contributed by atoms with Gasteiger partial charge in [-0.25, -0.2) is 0 Å². The number of hydrogen-bond donors (Lipinski definition) is 2. The van der Waals surface area contributed by atoms with Crippen molar-refractivity contribution in [2.24, 2.45) is 17.8 Å². The zero-order valence-corrected chi connectivity index (χ0v) is 18.6. The van der Waals surface area contributed by atoms with Crippen molar-refractivity contribution in [3.05, 3.63) is 95.1 Å². The van der Waals surface area contributed by atoms with E-state index < -0.39 is 0 Å². The maximum absolute atomic E-state index is 13.1. The van der Waals surface area contributed by atoms with Crippen LogP contribution in [0.15, 0.2) is 72.8 Å². The Bertz CT molecular complexity index is 1140. The van der Waals surface area contributed by atoms with Crippen LogP contribution in [0.3, 0.4) is 0 Å². The van der Waals surface area contributed by atoms with Crippen LogP contribution in [-0.2, 0) is 6.42 Å². The fourth-order valence-electron chi connectivity index (χ4n) is 6.64. The lowest BCUT2D eigenvalue weighted by Crippen LogP contribution is -2.35. The average molecular weight is 423 g/mol. The summed E-state index contributed by atoms with van der Waals surface area (Å²) in [6.45, 7) is 2.14. The standard InChI is InChI=1S/C29H30N2O/c1-2-18-8-13-23(14-9-18)30-29(32)22-12-15-25-24(17-22)26-20-10-11-21(16-20)27(26)28(31-25)19-6-4-3-5-7-19/h3-9,12-15,17,20-21,26-28,31H,2,10-11,16H2,1H3,(H,30,32)/t20-,21-,26-,27-,28-/m0/s1. The number of benzene rings is 3. The second kappa shape index (κ2) is 7.81. The van der Waals surface area contributed by atoms with Crippen molar-refractivity contribution in [1.82, 2.24) is 0 Å². The van der Waals surface area contributed by atoms with E-state index in [0.29, 0.717) is 17.9 Å². The molecule has 2 aliphatic carbocycles. The Morgan fingerprint density at radius 3 is 2.53 bits per heavy atom. The van der Waals surface area contributed by atoms with Gasteiger partial charge in [0.05, 0.1) is 6.04 Å². The van der Waals surface area contributed by atoms with Crippen molar-refractivity contribution in [2.75, 3.05) is 10.6 Å². The van der Waals surface area contributed by atoms with Crippen molar-refractivity contribution in [1.29, 1.82) is 0 Å². The second-order valence-electron chi connectivity index (χ2n) is 9.78. The van der Waals surface area contributed by atoms with E-state index in [0.717, 1.165) is 29.5 Å². The minimum absolute atomic E-state index is 0.0260. The van der Waals surface area contributed by atoms with Gasteiger partial charge >= 0.3 is 0 Å². The highest BCUT2D eigenvalue weighted by Gasteiger charge is 2.53. The first kappa shape index (κ1) is 19.6. The van der Waals surface area contributed by atoms with Crippen molar-refractivity contribution in [3.63, 3.8) is 0 Å². The third-order valence-corrected chi connectivity index (χ3v) is 8.13. The fourth-order valence-corrected chi connectivity index (χ4v) is 6.64. The maximum Gasteiger partial charge on any atom is 0.255 e. The molecule has 32 heavy (non-hydrogen) atoms. The molecule has 3 aromatic rings. The Kier molecular flexibility index (Phi) is 4.78. The molecule has 0 saturated heterocycles. The van der Waals surface area contributed by atoms with Crippen molar-refractivity contribution in [2.45, 2.75) is 44.6 Å². The average Bonchev–Trinajstić information content (AvgIpc) is 3.47. The number of amides is 1. The number of hydrogen-bond acceptors (Lipinski definition) is 2. The summed E-state index contributed by atoms with van der Waals surface area (Å²) >= 11 is 0. The number of carbonyl (C=O) groups is 1. The van der Waals surface area contributed by atoms with Gasteiger partial charge in [0.2, 0.25) is 0 Å². The summed E-state index contributed by atoms with van der Waals surface area (Å²) in [6, 6.07) is 25.7. The van der Waals surface area contributed by atoms with E-state index in [2.05, 4.69) is 72.2 Å². The highest BCUT2D eigenvalue weighted by Crippen LogP contribution is 2.63. The molecule has 1 amide bonds. The first-order valence-electron chi connectivity index (χ1n) is 12.1. The quantitative estimate of drug-likeness (QED) is 0.485. The molecule has 2 fully saturated rings. The molecule has 162 valence electrons. The highest BCUT2D eigenvalue weighted by molar-refractivity contribution is 6.04. The number of carbonyl (C=O) groups excluding carboxylic acids is 1. The fraction of sp³-hybridized carbons (Fsp3) is 0.345. The Morgan fingerprint density at radius 1 is 0.969 bits per heavy atom. The molecule has 3 heteroatoms. The van der Waals surface area contributed by atoms with Crippen molar-refractivity contribution in [3.8, 4) is 0 Å². The Labute approximate surface area is 190 Å². The molecule has 6 rings (SSSR count). The minimum atomic E-state index is -0.0260. The van der Waals surface area contributed by atoms with Crippen LogP contribution >= 0.6 is 0 Å². The third-order valence-electron chi connectivity index (χ3n) is 8.13. The SMILES string of the molecule is CCc1ccc(NC(=O)c2ccc3c(c2)[C@@H]2[C@H]4CC[C@@H](C4)[C@@H]2[C@H](c2ccccc2)N3)cc1. The predicted octanol–water partition coefficient (Wildman–Crippen LogP) is 6.80. The lowest BCUT2D eigenvalue weighted by molar-refractivity contribution is 0.102. The van der Waals surface area contributed by atoms with Gasteiger partial charge in [-0.1, -0.05) is 49.4 Å². The van der Waals surface area contributed by atoms with E-state index >= 15 is 0 Å². The number of anilines is 2. The zero-order chi connectivity index (χ0) is 21.7. The molecule has 5 atom stereocenters. The van der Waals surface area contributed by atoms with Gasteiger partial charge in [0.15, 0.2) is 0 Å². The minimum Gasteiger partial charge on any atom is -0.378 e. The molecule has 0 radical (unpaired) electrons. The summed E-state index contributed by atoms with van der Waals surface area (Å²) in [5.74, 6) is 2.67. The summed E-state index contributed by atoms with van der Waals surface area (Å²) in [4.78, 5) is 13.1. The summed E-state index contributed by atoms with van der Waals surface area (Å²) in [6.07, 6.45) is 5.01. The van der Waals surface area contributed by atoms with E-state index in [1.54, 1.807) is 0 Å². The Hall–Kier alpha value is -3.07. The lowest BCUT2D eigenvalue weighted by atomic mass is 9.68. The molecule has 1 heterocycles. The van der Waals surface area contributed by atoms with Crippen LogP contribution in [0, 0.1) is 17.8 Å². The van der Waals surface area contributed by atoms with Crippen LogP contribution in [0.25, 0.3) is 0 Å². The summed E-state index contributed by atoms with van der Waals surface area (Å²) in [5.41, 5.74) is 6.82. The van der Waals surface area contributed by atoms with Gasteiger partial charge < -0.3 is 10.6 Å². The molecule has 1 aliphatic heterocycles. The van der Waals surface area contributed by atoms with Gasteiger partial charge in [0.1, 0.15) is 0 Å². The lowest BCUT2D eigenvalue weighted by Gasteiger charge is -2.43. The molecule has 3 nitrogen and oxygen atoms in total. The molecular formula is C29H30N2O. The van der Waals surface area contributed by atoms with Crippen LogP contribution in [0.2, 0.25) is 0 Å². The molecule has 3 aromatic carbocycles. The highest BCUT2D eigenvalue weighted by atomic mass is 16.1. The third kappa shape index (κ3) is 3.23. The monoisotopic (exact) mass is 422 g/mol. The van der Waals surface area contributed by atoms with Crippen LogP contribution in [0.5, 0.6) is 0 Å². The molecule has 0 spiro atoms. The smallest absolute Gasteiger partial charge is 0.255 e. The molecular weight excluding hydrogens is 392 g/mol. The van der Waals surface area contributed by atoms with E-state index in [1.807, 2.05) is 18.2 Å². The second-order valence-corrected chi connectivity index (χ2v) is 9.78. The largest absolute Gasteiger partial charge is 0.378 e. The van der Waals surface area contributed by atoms with E-state index in [4.69, 9.17) is 0 Å². The predicted molar refractivity (Wildman–Crippen MR) is 130 cm³/mol. The maximum atomic E-state index is 13.1. The summed E-state index contributed by atoms with van der Waals surface area (Å²) in [5, 5.41) is 6.95. The topological polar surface area (TPSA) is 41.1 Å². The number of nitrogens with one attached hydrogen (secondary N) is 2. The van der Waals surface area contributed by atoms with Crippen LogP contribution in [0.4, 0.5) is 11.4 Å². The van der Waals surface area contributed by atoms with E-state index in [-0.39, 0.29) is 5.91 Å².